The third kappa shape index (κ3) is 7.19. The van der Waals surface area contributed by atoms with Crippen LogP contribution in [0.5, 0.6) is 0 Å². The monoisotopic (exact) mass is 357 g/mol. The number of unbranched alkanes of at least 4 members (excludes halogenated alkanes) is 2. The molecule has 0 unspecified atom stereocenters. The normalized spacial score (nSPS) is 12.7. The quantitative estimate of drug-likeness (QED) is 0.656. The van der Waals surface area contributed by atoms with E-state index < -0.39 is 7.94 Å². The van der Waals surface area contributed by atoms with Gasteiger partial charge in [-0.15, -0.1) is 0 Å². The lowest BCUT2D eigenvalue weighted by atomic mass is 9.79. The summed E-state index contributed by atoms with van der Waals surface area (Å²) in [6.45, 7) is 18.5. The summed E-state index contributed by atoms with van der Waals surface area (Å²) in [5.41, 5.74) is 2.14. The number of benzene rings is 1. The third-order valence-corrected chi connectivity index (χ3v) is 4.96. The van der Waals surface area contributed by atoms with Crippen LogP contribution in [0.3, 0.4) is 0 Å². The van der Waals surface area contributed by atoms with Gasteiger partial charge >= 0.3 is 7.94 Å². The second-order valence-corrected chi connectivity index (χ2v) is 10.2. The van der Waals surface area contributed by atoms with Gasteiger partial charge in [-0.3, -0.25) is 0 Å². The molecule has 0 aromatic heterocycles. The van der Waals surface area contributed by atoms with Crippen molar-refractivity contribution < 1.29 is 14.7 Å². The van der Waals surface area contributed by atoms with Gasteiger partial charge in [-0.25, -0.2) is 0 Å². The Bertz CT molecular complexity index is 480. The molecule has 0 heterocycles. The lowest BCUT2D eigenvalue weighted by molar-refractivity contribution is 0.344. The molecule has 0 amide bonds. The number of aryl methyl sites for hydroxylation is 1. The van der Waals surface area contributed by atoms with E-state index in [1.54, 1.807) is 0 Å². The minimum absolute atomic E-state index is 0.263. The summed E-state index contributed by atoms with van der Waals surface area (Å²) in [7, 11) is -4.06. The molecule has 0 bridgehead atoms. The molecule has 3 N–H and O–H groups in total. The summed E-state index contributed by atoms with van der Waals surface area (Å²) in [5, 5.41) is 0.318. The van der Waals surface area contributed by atoms with Gasteiger partial charge in [0.05, 0.1) is 0 Å². The van der Waals surface area contributed by atoms with Crippen molar-refractivity contribution in [2.75, 3.05) is 0 Å². The van der Waals surface area contributed by atoms with Crippen LogP contribution in [0.1, 0.15) is 91.3 Å². The molecule has 4 heteroatoms. The predicted octanol–water partition coefficient (Wildman–Crippen LogP) is 5.15. The molecule has 0 saturated carbocycles. The van der Waals surface area contributed by atoms with E-state index in [-0.39, 0.29) is 10.8 Å². The van der Waals surface area contributed by atoms with Gasteiger partial charge in [0, 0.05) is 11.1 Å². The topological polar surface area (TPSA) is 60.7 Å². The molecule has 0 spiro atoms. The van der Waals surface area contributed by atoms with Gasteiger partial charge in [0.1, 0.15) is 0 Å². The number of rotatable bonds is 3. The summed E-state index contributed by atoms with van der Waals surface area (Å²) >= 11 is 0. The molecule has 1 aromatic rings. The van der Waals surface area contributed by atoms with Gasteiger partial charge < -0.3 is 0 Å². The third-order valence-electron chi connectivity index (χ3n) is 3.88. The van der Waals surface area contributed by atoms with Gasteiger partial charge in [-0.1, -0.05) is 92.3 Å². The van der Waals surface area contributed by atoms with Crippen molar-refractivity contribution in [1.29, 1.82) is 0 Å². The van der Waals surface area contributed by atoms with E-state index in [1.807, 2.05) is 60.6 Å². The summed E-state index contributed by atoms with van der Waals surface area (Å²) in [4.78, 5) is 29.7. The maximum absolute atomic E-state index is 9.89. The van der Waals surface area contributed by atoms with Crippen molar-refractivity contribution >= 4 is 13.2 Å². The summed E-state index contributed by atoms with van der Waals surface area (Å²) in [6.07, 6.45) is 4.08. The Morgan fingerprint density at radius 3 is 1.29 bits per heavy atom. The standard InChI is InChI=1S/C15H26O3P.C5H12/c1-10-8-11(14(2,3)4)13(19(16,17)18)12(9-10)15(5,6)7;1-3-5-4-2/h8-9,16-18H,1-7H3;3-5H2,1-2H3/q+1;. The summed E-state index contributed by atoms with van der Waals surface area (Å²) in [6, 6.07) is 3.87. The molecule has 0 aliphatic heterocycles. The highest BCUT2D eigenvalue weighted by molar-refractivity contribution is 7.67. The van der Waals surface area contributed by atoms with Crippen molar-refractivity contribution in [1.82, 2.24) is 0 Å². The van der Waals surface area contributed by atoms with E-state index in [0.29, 0.717) is 5.30 Å². The molecule has 140 valence electrons. The van der Waals surface area contributed by atoms with E-state index in [2.05, 4.69) is 13.8 Å². The van der Waals surface area contributed by atoms with Crippen LogP contribution >= 0.6 is 7.94 Å². The van der Waals surface area contributed by atoms with Gasteiger partial charge in [0.15, 0.2) is 5.30 Å². The second kappa shape index (κ2) is 8.76. The smallest absolute Gasteiger partial charge is 0.189 e. The van der Waals surface area contributed by atoms with Crippen LogP contribution in [-0.2, 0) is 10.8 Å². The number of hydrogen-bond donors (Lipinski definition) is 3. The van der Waals surface area contributed by atoms with E-state index >= 15 is 0 Å². The van der Waals surface area contributed by atoms with E-state index in [0.717, 1.165) is 16.7 Å². The van der Waals surface area contributed by atoms with Gasteiger partial charge in [-0.2, -0.15) is 14.7 Å². The molecular weight excluding hydrogens is 319 g/mol. The molecule has 3 nitrogen and oxygen atoms in total. The molecule has 1 aromatic carbocycles. The van der Waals surface area contributed by atoms with Crippen LogP contribution in [0.15, 0.2) is 12.1 Å². The van der Waals surface area contributed by atoms with Crippen molar-refractivity contribution in [2.45, 2.75) is 92.4 Å². The van der Waals surface area contributed by atoms with Crippen molar-refractivity contribution in [3.05, 3.63) is 28.8 Å². The van der Waals surface area contributed by atoms with E-state index in [4.69, 9.17) is 0 Å². The fraction of sp³-hybridized carbons (Fsp3) is 0.700. The van der Waals surface area contributed by atoms with Crippen LogP contribution in [0.25, 0.3) is 0 Å². The molecule has 0 aliphatic rings. The van der Waals surface area contributed by atoms with Crippen molar-refractivity contribution in [3.8, 4) is 0 Å². The predicted molar refractivity (Wildman–Crippen MR) is 107 cm³/mol. The van der Waals surface area contributed by atoms with Gasteiger partial charge in [0.2, 0.25) is 0 Å². The lowest BCUT2D eigenvalue weighted by Crippen LogP contribution is -2.32. The van der Waals surface area contributed by atoms with Crippen LogP contribution in [0.4, 0.5) is 0 Å². The molecule has 0 saturated heterocycles. The van der Waals surface area contributed by atoms with Gasteiger partial charge in [-0.05, 0) is 17.8 Å². The van der Waals surface area contributed by atoms with E-state index in [9.17, 15) is 14.7 Å². The molecular formula is C20H38O3P+. The van der Waals surface area contributed by atoms with Crippen LogP contribution in [0, 0.1) is 6.92 Å². The minimum Gasteiger partial charge on any atom is -0.189 e. The fourth-order valence-corrected chi connectivity index (χ4v) is 4.05. The first-order chi connectivity index (χ1) is 10.7. The highest BCUT2D eigenvalue weighted by Gasteiger charge is 2.44. The highest BCUT2D eigenvalue weighted by Crippen LogP contribution is 2.49. The Kier molecular flexibility index (Phi) is 8.59. The zero-order valence-corrected chi connectivity index (χ0v) is 18.0. The Morgan fingerprint density at radius 1 is 0.792 bits per heavy atom. The maximum atomic E-state index is 9.89. The Hall–Kier alpha value is -0.470. The minimum atomic E-state index is -4.06. The van der Waals surface area contributed by atoms with Crippen molar-refractivity contribution in [2.24, 2.45) is 0 Å². The molecule has 0 atom stereocenters. The Morgan fingerprint density at radius 2 is 1.12 bits per heavy atom. The van der Waals surface area contributed by atoms with Crippen LogP contribution in [-0.4, -0.2) is 14.7 Å². The average molecular weight is 357 g/mol. The van der Waals surface area contributed by atoms with Gasteiger partial charge in [0.25, 0.3) is 0 Å². The zero-order valence-electron chi connectivity index (χ0n) is 17.1. The lowest BCUT2D eigenvalue weighted by Gasteiger charge is -2.29. The maximum Gasteiger partial charge on any atom is 0.441 e. The zero-order chi connectivity index (χ0) is 19.3. The first kappa shape index (κ1) is 23.5. The first-order valence-corrected chi connectivity index (χ1v) is 10.5. The molecule has 0 radical (unpaired) electrons. The Labute approximate surface area is 149 Å². The second-order valence-electron chi connectivity index (χ2n) is 8.63. The molecule has 0 aliphatic carbocycles. The Balaban J connectivity index is 0.000000922. The largest absolute Gasteiger partial charge is 0.441 e. The summed E-state index contributed by atoms with van der Waals surface area (Å²) in [5.74, 6) is 0. The molecule has 24 heavy (non-hydrogen) atoms. The SMILES string of the molecule is CCCCC.Cc1cc(C(C)(C)C)c([P+](O)(O)O)c(C(C)(C)C)c1. The van der Waals surface area contributed by atoms with Crippen LogP contribution in [0.2, 0.25) is 0 Å². The average Bonchev–Trinajstić information content (AvgIpc) is 2.36. The molecule has 1 rings (SSSR count). The first-order valence-electron chi connectivity index (χ1n) is 8.89. The summed E-state index contributed by atoms with van der Waals surface area (Å²) < 4.78 is 0. The van der Waals surface area contributed by atoms with Crippen LogP contribution < -0.4 is 5.30 Å². The fourth-order valence-electron chi connectivity index (χ4n) is 2.60. The van der Waals surface area contributed by atoms with Crippen molar-refractivity contribution in [3.63, 3.8) is 0 Å². The number of hydrogen-bond acceptors (Lipinski definition) is 3. The molecule has 0 fully saturated rings. The van der Waals surface area contributed by atoms with E-state index in [1.165, 1.54) is 19.3 Å². The highest BCUT2D eigenvalue weighted by atomic mass is 31.2.